The molecule has 6 heteroatoms. The van der Waals surface area contributed by atoms with Gasteiger partial charge < -0.3 is 20.1 Å². The summed E-state index contributed by atoms with van der Waals surface area (Å²) in [6.45, 7) is 0.902. The van der Waals surface area contributed by atoms with Crippen LogP contribution in [0.1, 0.15) is 17.0 Å². The lowest BCUT2D eigenvalue weighted by Gasteiger charge is -2.14. The zero-order chi connectivity index (χ0) is 18.4. The number of rotatable bonds is 7. The molecule has 3 rings (SSSR count). The number of carbonyl (C=O) groups is 2. The molecule has 0 heterocycles. The Morgan fingerprint density at radius 2 is 1.50 bits per heavy atom. The first-order valence-corrected chi connectivity index (χ1v) is 8.55. The summed E-state index contributed by atoms with van der Waals surface area (Å²) in [4.78, 5) is 23.2. The maximum absolute atomic E-state index is 11.9. The van der Waals surface area contributed by atoms with Crippen LogP contribution in [-0.2, 0) is 14.3 Å². The van der Waals surface area contributed by atoms with Crippen molar-refractivity contribution in [2.75, 3.05) is 33.4 Å². The van der Waals surface area contributed by atoms with Crippen LogP contribution < -0.4 is 10.6 Å². The monoisotopic (exact) mass is 354 g/mol. The van der Waals surface area contributed by atoms with Crippen molar-refractivity contribution in [1.82, 2.24) is 10.6 Å². The third-order valence-electron chi connectivity index (χ3n) is 4.34. The topological polar surface area (TPSA) is 76.7 Å². The lowest BCUT2D eigenvalue weighted by molar-refractivity contribution is -0.124. The highest BCUT2D eigenvalue weighted by molar-refractivity contribution is 5.79. The fourth-order valence-electron chi connectivity index (χ4n) is 3.20. The summed E-state index contributed by atoms with van der Waals surface area (Å²) >= 11 is 0. The molecule has 1 aliphatic carbocycles. The van der Waals surface area contributed by atoms with Crippen LogP contribution in [0.2, 0.25) is 0 Å². The molecule has 0 radical (unpaired) electrons. The van der Waals surface area contributed by atoms with Gasteiger partial charge in [0.1, 0.15) is 13.2 Å². The van der Waals surface area contributed by atoms with Gasteiger partial charge in [-0.15, -0.1) is 0 Å². The van der Waals surface area contributed by atoms with Gasteiger partial charge in [-0.1, -0.05) is 48.5 Å². The lowest BCUT2D eigenvalue weighted by Crippen LogP contribution is -2.36. The average molecular weight is 354 g/mol. The average Bonchev–Trinajstić information content (AvgIpc) is 2.98. The van der Waals surface area contributed by atoms with Crippen molar-refractivity contribution in [3.63, 3.8) is 0 Å². The maximum atomic E-state index is 11.9. The zero-order valence-electron chi connectivity index (χ0n) is 14.7. The molecule has 0 bridgehead atoms. The first-order valence-electron chi connectivity index (χ1n) is 8.55. The van der Waals surface area contributed by atoms with Crippen LogP contribution in [0.15, 0.2) is 48.5 Å². The van der Waals surface area contributed by atoms with E-state index in [1.54, 1.807) is 0 Å². The van der Waals surface area contributed by atoms with Crippen LogP contribution in [0.25, 0.3) is 11.1 Å². The molecule has 26 heavy (non-hydrogen) atoms. The fraction of sp³-hybridized carbons (Fsp3) is 0.300. The Hall–Kier alpha value is -2.86. The number of nitrogens with one attached hydrogen (secondary N) is 2. The van der Waals surface area contributed by atoms with E-state index >= 15 is 0 Å². The number of hydrogen-bond donors (Lipinski definition) is 2. The fourth-order valence-corrected chi connectivity index (χ4v) is 3.20. The Morgan fingerprint density at radius 1 is 0.923 bits per heavy atom. The molecule has 2 amide bonds. The van der Waals surface area contributed by atoms with Gasteiger partial charge in [-0.3, -0.25) is 4.79 Å². The van der Waals surface area contributed by atoms with Crippen molar-refractivity contribution in [2.45, 2.75) is 5.92 Å². The first kappa shape index (κ1) is 17.9. The van der Waals surface area contributed by atoms with E-state index in [-0.39, 0.29) is 25.0 Å². The van der Waals surface area contributed by atoms with Crippen molar-refractivity contribution >= 4 is 12.0 Å². The molecule has 136 valence electrons. The highest BCUT2D eigenvalue weighted by atomic mass is 16.5. The lowest BCUT2D eigenvalue weighted by atomic mass is 9.98. The maximum Gasteiger partial charge on any atom is 0.407 e. The highest BCUT2D eigenvalue weighted by Crippen LogP contribution is 2.44. The van der Waals surface area contributed by atoms with Gasteiger partial charge in [-0.05, 0) is 22.3 Å². The van der Waals surface area contributed by atoms with Crippen LogP contribution in [0.3, 0.4) is 0 Å². The van der Waals surface area contributed by atoms with E-state index in [0.29, 0.717) is 13.1 Å². The number of fused-ring (bicyclic) bond motifs is 3. The van der Waals surface area contributed by atoms with Crippen molar-refractivity contribution in [1.29, 1.82) is 0 Å². The number of alkyl carbamates (subject to hydrolysis) is 1. The normalized spacial score (nSPS) is 12.2. The second-order valence-electron chi connectivity index (χ2n) is 6.04. The highest BCUT2D eigenvalue weighted by Gasteiger charge is 2.28. The van der Waals surface area contributed by atoms with Crippen molar-refractivity contribution in [2.24, 2.45) is 0 Å². The van der Waals surface area contributed by atoms with Gasteiger partial charge in [0, 0.05) is 26.1 Å². The number of ether oxygens (including phenoxy) is 2. The predicted molar refractivity (Wildman–Crippen MR) is 98.0 cm³/mol. The second kappa shape index (κ2) is 8.49. The standard InChI is InChI=1S/C20H22N2O4/c1-25-13-19(23)21-10-11-22-20(24)26-12-18-16-8-4-2-6-14(16)15-7-3-5-9-17(15)18/h2-9,18H,10-13H2,1H3,(H,21,23)(H,22,24). The number of hydrogen-bond acceptors (Lipinski definition) is 4. The van der Waals surface area contributed by atoms with E-state index in [4.69, 9.17) is 9.47 Å². The number of methoxy groups -OCH3 is 1. The molecule has 2 aromatic rings. The number of amides is 2. The minimum atomic E-state index is -0.493. The molecule has 2 aromatic carbocycles. The molecule has 0 aromatic heterocycles. The summed E-state index contributed by atoms with van der Waals surface area (Å²) in [6.07, 6.45) is -0.493. The summed E-state index contributed by atoms with van der Waals surface area (Å²) in [7, 11) is 1.45. The van der Waals surface area contributed by atoms with Gasteiger partial charge in [-0.2, -0.15) is 0 Å². The van der Waals surface area contributed by atoms with Gasteiger partial charge in [0.25, 0.3) is 0 Å². The molecule has 0 saturated carbocycles. The molecule has 6 nitrogen and oxygen atoms in total. The minimum Gasteiger partial charge on any atom is -0.449 e. The molecular formula is C20H22N2O4. The second-order valence-corrected chi connectivity index (χ2v) is 6.04. The summed E-state index contributed by atoms with van der Waals surface area (Å²) in [5.41, 5.74) is 4.73. The Balaban J connectivity index is 1.52. The summed E-state index contributed by atoms with van der Waals surface area (Å²) in [5.74, 6) is -0.184. The number of benzene rings is 2. The van der Waals surface area contributed by atoms with E-state index in [9.17, 15) is 9.59 Å². The van der Waals surface area contributed by atoms with Crippen LogP contribution in [-0.4, -0.2) is 45.4 Å². The van der Waals surface area contributed by atoms with E-state index < -0.39 is 6.09 Å². The first-order chi connectivity index (χ1) is 12.7. The molecular weight excluding hydrogens is 332 g/mol. The van der Waals surface area contributed by atoms with E-state index in [0.717, 1.165) is 0 Å². The van der Waals surface area contributed by atoms with Gasteiger partial charge in [0.05, 0.1) is 0 Å². The van der Waals surface area contributed by atoms with Gasteiger partial charge in [0.2, 0.25) is 5.91 Å². The van der Waals surface area contributed by atoms with Crippen LogP contribution >= 0.6 is 0 Å². The summed E-state index contributed by atoms with van der Waals surface area (Å²) < 4.78 is 10.1. The quantitative estimate of drug-likeness (QED) is 0.748. The molecule has 0 unspecified atom stereocenters. The van der Waals surface area contributed by atoms with Crippen molar-refractivity contribution in [3.8, 4) is 11.1 Å². The Morgan fingerprint density at radius 3 is 2.12 bits per heavy atom. The molecule has 2 N–H and O–H groups in total. The molecule has 0 aliphatic heterocycles. The van der Waals surface area contributed by atoms with Crippen LogP contribution in [0.5, 0.6) is 0 Å². The van der Waals surface area contributed by atoms with Crippen molar-refractivity contribution in [3.05, 3.63) is 59.7 Å². The molecule has 0 spiro atoms. The minimum absolute atomic E-state index is 0.00491. The van der Waals surface area contributed by atoms with Gasteiger partial charge in [-0.25, -0.2) is 4.79 Å². The number of carbonyl (C=O) groups excluding carboxylic acids is 2. The van der Waals surface area contributed by atoms with Gasteiger partial charge >= 0.3 is 6.09 Å². The summed E-state index contributed by atoms with van der Waals surface area (Å²) in [6, 6.07) is 16.4. The Bertz CT molecular complexity index is 745. The predicted octanol–water partition coefficient (Wildman–Crippen LogP) is 2.29. The summed E-state index contributed by atoms with van der Waals surface area (Å²) in [5, 5.41) is 5.26. The van der Waals surface area contributed by atoms with Crippen LogP contribution in [0, 0.1) is 0 Å². The van der Waals surface area contributed by atoms with E-state index in [1.807, 2.05) is 24.3 Å². The van der Waals surface area contributed by atoms with Gasteiger partial charge in [0.15, 0.2) is 0 Å². The smallest absolute Gasteiger partial charge is 0.407 e. The third-order valence-corrected chi connectivity index (χ3v) is 4.34. The SMILES string of the molecule is COCC(=O)NCCNC(=O)OCC1c2ccccc2-c2ccccc21. The molecule has 0 saturated heterocycles. The largest absolute Gasteiger partial charge is 0.449 e. The van der Waals surface area contributed by atoms with Crippen LogP contribution in [0.4, 0.5) is 4.79 Å². The zero-order valence-corrected chi connectivity index (χ0v) is 14.7. The molecule has 0 fully saturated rings. The Kier molecular flexibility index (Phi) is 5.86. The third kappa shape index (κ3) is 4.03. The molecule has 1 aliphatic rings. The Labute approximate surface area is 152 Å². The van der Waals surface area contributed by atoms with Crippen molar-refractivity contribution < 1.29 is 19.1 Å². The molecule has 0 atom stereocenters. The van der Waals surface area contributed by atoms with E-state index in [2.05, 4.69) is 34.9 Å². The van der Waals surface area contributed by atoms with E-state index in [1.165, 1.54) is 29.4 Å².